The Morgan fingerprint density at radius 2 is 1.85 bits per heavy atom. The molecular weight excluding hydrogens is 285 g/mol. The Hall–Kier alpha value is -2.65. The molecule has 10 heteroatoms. The lowest BCUT2D eigenvalue weighted by atomic mass is 10.2. The molecule has 1 aliphatic heterocycles. The summed E-state index contributed by atoms with van der Waals surface area (Å²) < 4.78 is 36.8. The summed E-state index contributed by atoms with van der Waals surface area (Å²) in [4.78, 5) is 19.5. The Morgan fingerprint density at radius 1 is 1.25 bits per heavy atom. The first-order valence-corrected chi connectivity index (χ1v) is 4.89. The molecule has 0 unspecified atom stereocenters. The molecule has 1 aromatic rings. The van der Waals surface area contributed by atoms with Gasteiger partial charge < -0.3 is 14.9 Å². The third-order valence-corrected chi connectivity index (χ3v) is 1.91. The first-order chi connectivity index (χ1) is 9.21. The van der Waals surface area contributed by atoms with Crippen LogP contribution in [-0.2, 0) is 4.79 Å². The Kier molecular flexibility index (Phi) is 4.62. The van der Waals surface area contributed by atoms with Crippen LogP contribution in [0.25, 0.3) is 0 Å². The third kappa shape index (κ3) is 4.23. The quantitative estimate of drug-likeness (QED) is 0.826. The second-order valence-corrected chi connectivity index (χ2v) is 3.31. The minimum absolute atomic E-state index is 0.149. The summed E-state index contributed by atoms with van der Waals surface area (Å²) in [6.07, 6.45) is -5.08. The maximum Gasteiger partial charge on any atom is 0.490 e. The van der Waals surface area contributed by atoms with Crippen LogP contribution in [0.15, 0.2) is 28.4 Å². The molecule has 1 heterocycles. The van der Waals surface area contributed by atoms with Gasteiger partial charge in [-0.05, 0) is 18.2 Å². The van der Waals surface area contributed by atoms with Crippen molar-refractivity contribution >= 4 is 17.6 Å². The van der Waals surface area contributed by atoms with Crippen molar-refractivity contribution in [2.75, 3.05) is 6.73 Å². The minimum Gasteiger partial charge on any atom is -0.478 e. The van der Waals surface area contributed by atoms with Crippen molar-refractivity contribution in [3.63, 3.8) is 0 Å². The van der Waals surface area contributed by atoms with Crippen molar-refractivity contribution in [1.29, 1.82) is 0 Å². The van der Waals surface area contributed by atoms with Crippen LogP contribution in [-0.4, -0.2) is 35.1 Å². The summed E-state index contributed by atoms with van der Waals surface area (Å²) >= 11 is 0. The fourth-order valence-corrected chi connectivity index (χ4v) is 1.05. The molecule has 0 saturated heterocycles. The second-order valence-electron chi connectivity index (χ2n) is 3.31. The minimum atomic E-state index is -5.08. The summed E-state index contributed by atoms with van der Waals surface area (Å²) in [5.41, 5.74) is 0.757. The number of rotatable bonds is 1. The Bertz CT molecular complexity index is 556. The van der Waals surface area contributed by atoms with Crippen molar-refractivity contribution in [1.82, 2.24) is 0 Å². The average Bonchev–Trinajstić information content (AvgIpc) is 2.37. The topological polar surface area (TPSA) is 109 Å². The van der Waals surface area contributed by atoms with Gasteiger partial charge in [0, 0.05) is 0 Å². The summed E-state index contributed by atoms with van der Waals surface area (Å²) in [7, 11) is 0. The van der Waals surface area contributed by atoms with E-state index in [9.17, 15) is 18.0 Å². The van der Waals surface area contributed by atoms with Crippen LogP contribution in [0.3, 0.4) is 0 Å². The lowest BCUT2D eigenvalue weighted by molar-refractivity contribution is -0.192. The number of hydrogen-bond donors (Lipinski definition) is 2. The highest BCUT2D eigenvalue weighted by atomic mass is 19.4. The maximum absolute atomic E-state index is 10.6. The van der Waals surface area contributed by atoms with E-state index in [-0.39, 0.29) is 12.3 Å². The lowest BCUT2D eigenvalue weighted by Gasteiger charge is -2.10. The number of nitrogens with zero attached hydrogens (tertiary/aromatic N) is 2. The van der Waals surface area contributed by atoms with Gasteiger partial charge >= 0.3 is 18.1 Å². The number of fused-ring (bicyclic) bond motifs is 1. The summed E-state index contributed by atoms with van der Waals surface area (Å²) in [6.45, 7) is 0.149. The van der Waals surface area contributed by atoms with E-state index in [1.54, 1.807) is 6.07 Å². The standard InChI is InChI=1S/C8H6N2O3.C2HF3O2/c11-8(12)5-1-2-6-7(3-5)13-4-9-10-6;3-2(4,5)1(6)7/h1-3H,4H2,(H,11,12);(H,6,7). The van der Waals surface area contributed by atoms with E-state index in [1.807, 2.05) is 0 Å². The van der Waals surface area contributed by atoms with Crippen LogP contribution in [0.4, 0.5) is 18.9 Å². The molecular formula is C10H7F3N2O5. The van der Waals surface area contributed by atoms with Crippen molar-refractivity contribution in [3.05, 3.63) is 23.8 Å². The highest BCUT2D eigenvalue weighted by Crippen LogP contribution is 2.31. The molecule has 0 aromatic heterocycles. The van der Waals surface area contributed by atoms with E-state index in [0.717, 1.165) is 0 Å². The van der Waals surface area contributed by atoms with E-state index >= 15 is 0 Å². The van der Waals surface area contributed by atoms with Crippen LogP contribution < -0.4 is 4.74 Å². The van der Waals surface area contributed by atoms with E-state index in [0.29, 0.717) is 11.4 Å². The second kappa shape index (κ2) is 5.99. The maximum atomic E-state index is 10.6. The predicted octanol–water partition coefficient (Wildman–Crippen LogP) is 2.45. The molecule has 0 fully saturated rings. The van der Waals surface area contributed by atoms with Gasteiger partial charge in [-0.25, -0.2) is 9.59 Å². The largest absolute Gasteiger partial charge is 0.490 e. The van der Waals surface area contributed by atoms with Crippen molar-refractivity contribution < 1.29 is 37.7 Å². The van der Waals surface area contributed by atoms with E-state index in [2.05, 4.69) is 10.2 Å². The van der Waals surface area contributed by atoms with Gasteiger partial charge in [0.2, 0.25) is 0 Å². The number of aliphatic carboxylic acids is 1. The molecule has 20 heavy (non-hydrogen) atoms. The normalized spacial score (nSPS) is 12.6. The van der Waals surface area contributed by atoms with E-state index in [1.165, 1.54) is 12.1 Å². The van der Waals surface area contributed by atoms with E-state index < -0.39 is 18.1 Å². The number of hydrogen-bond acceptors (Lipinski definition) is 5. The number of carbonyl (C=O) groups is 2. The number of azo groups is 1. The predicted molar refractivity (Wildman–Crippen MR) is 57.1 cm³/mol. The van der Waals surface area contributed by atoms with Gasteiger partial charge in [0.05, 0.1) is 5.56 Å². The average molecular weight is 292 g/mol. The molecule has 0 atom stereocenters. The summed E-state index contributed by atoms with van der Waals surface area (Å²) in [6, 6.07) is 4.48. The number of halogens is 3. The van der Waals surface area contributed by atoms with Crippen LogP contribution in [0.2, 0.25) is 0 Å². The Labute approximate surface area is 109 Å². The number of carboxylic acids is 2. The zero-order chi connectivity index (χ0) is 15.3. The van der Waals surface area contributed by atoms with Crippen LogP contribution >= 0.6 is 0 Å². The van der Waals surface area contributed by atoms with Crippen LogP contribution in [0, 0.1) is 0 Å². The monoisotopic (exact) mass is 292 g/mol. The van der Waals surface area contributed by atoms with Crippen molar-refractivity contribution in [2.24, 2.45) is 10.2 Å². The summed E-state index contributed by atoms with van der Waals surface area (Å²) in [5.74, 6) is -3.27. The van der Waals surface area contributed by atoms with Crippen LogP contribution in [0.1, 0.15) is 10.4 Å². The van der Waals surface area contributed by atoms with Gasteiger partial charge in [0.1, 0.15) is 5.69 Å². The van der Waals surface area contributed by atoms with Crippen molar-refractivity contribution in [2.45, 2.75) is 6.18 Å². The molecule has 2 N–H and O–H groups in total. The molecule has 0 amide bonds. The molecule has 1 aromatic carbocycles. The molecule has 108 valence electrons. The number of aromatic carboxylic acids is 1. The highest BCUT2D eigenvalue weighted by molar-refractivity contribution is 5.88. The fraction of sp³-hybridized carbons (Fsp3) is 0.200. The number of ether oxygens (including phenoxy) is 1. The third-order valence-electron chi connectivity index (χ3n) is 1.91. The summed E-state index contributed by atoms with van der Waals surface area (Å²) in [5, 5.41) is 23.3. The smallest absolute Gasteiger partial charge is 0.478 e. The number of alkyl halides is 3. The molecule has 7 nitrogen and oxygen atoms in total. The molecule has 0 saturated carbocycles. The van der Waals surface area contributed by atoms with E-state index in [4.69, 9.17) is 19.7 Å². The Balaban J connectivity index is 0.000000246. The molecule has 2 rings (SSSR count). The lowest BCUT2D eigenvalue weighted by Crippen LogP contribution is -2.21. The first kappa shape index (κ1) is 15.4. The number of carboxylic acid groups (broad SMARTS) is 2. The van der Waals surface area contributed by atoms with Gasteiger partial charge in [-0.15, -0.1) is 10.2 Å². The Morgan fingerprint density at radius 3 is 2.35 bits per heavy atom. The van der Waals surface area contributed by atoms with Crippen LogP contribution in [0.5, 0.6) is 5.75 Å². The molecule has 0 bridgehead atoms. The number of benzene rings is 1. The van der Waals surface area contributed by atoms with Gasteiger partial charge in [0.15, 0.2) is 12.5 Å². The molecule has 0 radical (unpaired) electrons. The van der Waals surface area contributed by atoms with Gasteiger partial charge in [-0.2, -0.15) is 13.2 Å². The molecule has 1 aliphatic rings. The fourth-order valence-electron chi connectivity index (χ4n) is 1.05. The first-order valence-electron chi connectivity index (χ1n) is 4.89. The van der Waals surface area contributed by atoms with Crippen molar-refractivity contribution in [3.8, 4) is 5.75 Å². The van der Waals surface area contributed by atoms with Gasteiger partial charge in [-0.1, -0.05) is 0 Å². The SMILES string of the molecule is O=C(O)C(F)(F)F.O=C(O)c1ccc2c(c1)OCN=N2. The zero-order valence-corrected chi connectivity index (χ0v) is 9.59. The van der Waals surface area contributed by atoms with Gasteiger partial charge in [-0.3, -0.25) is 0 Å². The van der Waals surface area contributed by atoms with Gasteiger partial charge in [0.25, 0.3) is 0 Å². The highest BCUT2D eigenvalue weighted by Gasteiger charge is 2.38. The molecule has 0 aliphatic carbocycles. The molecule has 0 spiro atoms. The zero-order valence-electron chi connectivity index (χ0n) is 9.59.